The predicted molar refractivity (Wildman–Crippen MR) is 53.1 cm³/mol. The summed E-state index contributed by atoms with van der Waals surface area (Å²) >= 11 is 1.64. The van der Waals surface area contributed by atoms with Crippen molar-refractivity contribution in [2.75, 3.05) is 12.0 Å². The van der Waals surface area contributed by atoms with Gasteiger partial charge in [-0.05, 0) is 6.26 Å². The van der Waals surface area contributed by atoms with E-state index in [2.05, 4.69) is 5.16 Å². The fraction of sp³-hybridized carbons (Fsp3) is 0.222. The second-order valence-electron chi connectivity index (χ2n) is 2.35. The number of oxime groups is 1. The molecule has 0 saturated carbocycles. The van der Waals surface area contributed by atoms with Crippen molar-refractivity contribution in [2.24, 2.45) is 5.16 Å². The molecule has 0 atom stereocenters. The van der Waals surface area contributed by atoms with Gasteiger partial charge in [-0.2, -0.15) is 11.8 Å². The van der Waals surface area contributed by atoms with Crippen molar-refractivity contribution in [1.82, 2.24) is 0 Å². The maximum atomic E-state index is 8.69. The molecule has 0 amide bonds. The number of hydrogen-bond acceptors (Lipinski definition) is 3. The number of rotatable bonds is 3. The van der Waals surface area contributed by atoms with Gasteiger partial charge in [-0.25, -0.2) is 0 Å². The summed E-state index contributed by atoms with van der Waals surface area (Å²) in [5.74, 6) is 0.737. The molecule has 0 aliphatic carbocycles. The van der Waals surface area contributed by atoms with Crippen LogP contribution >= 0.6 is 11.8 Å². The standard InChI is InChI=1S/C9H11NOS/c1-12-7-9(10-11)8-5-3-2-4-6-8/h2-6,11H,7H2,1H3. The van der Waals surface area contributed by atoms with Crippen LogP contribution in [0.15, 0.2) is 35.5 Å². The number of hydrogen-bond donors (Lipinski definition) is 1. The molecule has 0 spiro atoms. The molecule has 2 nitrogen and oxygen atoms in total. The Hall–Kier alpha value is -0.960. The molecule has 1 aromatic rings. The van der Waals surface area contributed by atoms with Crippen LogP contribution in [0.1, 0.15) is 5.56 Å². The van der Waals surface area contributed by atoms with E-state index < -0.39 is 0 Å². The Kier molecular flexibility index (Phi) is 3.67. The molecule has 0 fully saturated rings. The minimum absolute atomic E-state index is 0.725. The first-order valence-electron chi connectivity index (χ1n) is 3.63. The van der Waals surface area contributed by atoms with Crippen LogP contribution in [0.2, 0.25) is 0 Å². The fourth-order valence-electron chi connectivity index (χ4n) is 0.937. The van der Waals surface area contributed by atoms with Gasteiger partial charge in [0.15, 0.2) is 0 Å². The molecule has 0 saturated heterocycles. The zero-order valence-electron chi connectivity index (χ0n) is 6.90. The van der Waals surface area contributed by atoms with Crippen molar-refractivity contribution in [3.05, 3.63) is 35.9 Å². The lowest BCUT2D eigenvalue weighted by atomic mass is 10.1. The van der Waals surface area contributed by atoms with E-state index in [9.17, 15) is 0 Å². The summed E-state index contributed by atoms with van der Waals surface area (Å²) in [6.45, 7) is 0. The van der Waals surface area contributed by atoms with E-state index in [0.717, 1.165) is 17.0 Å². The molecule has 0 aliphatic heterocycles. The molecule has 0 aliphatic rings. The third kappa shape index (κ3) is 2.27. The Balaban J connectivity index is 2.82. The molecule has 64 valence electrons. The first-order chi connectivity index (χ1) is 5.88. The molecular weight excluding hydrogens is 170 g/mol. The van der Waals surface area contributed by atoms with E-state index in [4.69, 9.17) is 5.21 Å². The van der Waals surface area contributed by atoms with E-state index in [1.54, 1.807) is 11.8 Å². The molecule has 0 unspecified atom stereocenters. The third-order valence-electron chi connectivity index (χ3n) is 1.51. The van der Waals surface area contributed by atoms with E-state index in [1.807, 2.05) is 36.6 Å². The molecule has 0 radical (unpaired) electrons. The monoisotopic (exact) mass is 181 g/mol. The zero-order chi connectivity index (χ0) is 8.81. The van der Waals surface area contributed by atoms with Gasteiger partial charge in [-0.3, -0.25) is 0 Å². The molecule has 1 rings (SSSR count). The molecule has 0 bridgehead atoms. The van der Waals surface area contributed by atoms with Crippen LogP contribution in [-0.4, -0.2) is 22.9 Å². The Morgan fingerprint density at radius 2 is 2.08 bits per heavy atom. The molecule has 12 heavy (non-hydrogen) atoms. The molecule has 1 N–H and O–H groups in total. The van der Waals surface area contributed by atoms with Crippen molar-refractivity contribution in [2.45, 2.75) is 0 Å². The summed E-state index contributed by atoms with van der Waals surface area (Å²) in [6, 6.07) is 9.68. The SMILES string of the molecule is CSCC(=NO)c1ccccc1. The minimum Gasteiger partial charge on any atom is -0.411 e. The zero-order valence-corrected chi connectivity index (χ0v) is 7.71. The Bertz CT molecular complexity index is 258. The average Bonchev–Trinajstić information content (AvgIpc) is 2.15. The van der Waals surface area contributed by atoms with Crippen molar-refractivity contribution in [3.8, 4) is 0 Å². The van der Waals surface area contributed by atoms with E-state index >= 15 is 0 Å². The van der Waals surface area contributed by atoms with Gasteiger partial charge in [-0.15, -0.1) is 0 Å². The topological polar surface area (TPSA) is 32.6 Å². The molecule has 0 aromatic heterocycles. The maximum Gasteiger partial charge on any atom is 0.0966 e. The summed E-state index contributed by atoms with van der Waals surface area (Å²) in [6.07, 6.45) is 1.98. The van der Waals surface area contributed by atoms with Crippen LogP contribution in [0.5, 0.6) is 0 Å². The van der Waals surface area contributed by atoms with Crippen LogP contribution in [0, 0.1) is 0 Å². The second kappa shape index (κ2) is 4.83. The molecular formula is C9H11NOS. The Morgan fingerprint density at radius 3 is 2.58 bits per heavy atom. The lowest BCUT2D eigenvalue weighted by Gasteiger charge is -2.00. The summed E-state index contributed by atoms with van der Waals surface area (Å²) in [7, 11) is 0. The first-order valence-corrected chi connectivity index (χ1v) is 5.03. The smallest absolute Gasteiger partial charge is 0.0966 e. The van der Waals surface area contributed by atoms with Crippen molar-refractivity contribution >= 4 is 17.5 Å². The van der Waals surface area contributed by atoms with Crippen molar-refractivity contribution in [1.29, 1.82) is 0 Å². The first kappa shape index (κ1) is 9.13. The van der Waals surface area contributed by atoms with Crippen LogP contribution in [0.3, 0.4) is 0 Å². The highest BCUT2D eigenvalue weighted by atomic mass is 32.2. The van der Waals surface area contributed by atoms with Gasteiger partial charge >= 0.3 is 0 Å². The quantitative estimate of drug-likeness (QED) is 0.440. The van der Waals surface area contributed by atoms with Crippen LogP contribution in [0.4, 0.5) is 0 Å². The van der Waals surface area contributed by atoms with Crippen molar-refractivity contribution < 1.29 is 5.21 Å². The highest BCUT2D eigenvalue weighted by molar-refractivity contribution is 7.99. The van der Waals surface area contributed by atoms with Gasteiger partial charge in [0.25, 0.3) is 0 Å². The normalized spacial score (nSPS) is 11.6. The molecule has 3 heteroatoms. The summed E-state index contributed by atoms with van der Waals surface area (Å²) < 4.78 is 0. The number of thioether (sulfide) groups is 1. The number of benzene rings is 1. The van der Waals surface area contributed by atoms with E-state index in [-0.39, 0.29) is 0 Å². The van der Waals surface area contributed by atoms with Crippen LogP contribution < -0.4 is 0 Å². The highest BCUT2D eigenvalue weighted by Gasteiger charge is 2.00. The summed E-state index contributed by atoms with van der Waals surface area (Å²) in [5, 5.41) is 11.9. The van der Waals surface area contributed by atoms with Gasteiger partial charge < -0.3 is 5.21 Å². The average molecular weight is 181 g/mol. The fourth-order valence-corrected chi connectivity index (χ4v) is 1.44. The maximum absolute atomic E-state index is 8.69. The number of nitrogens with zero attached hydrogens (tertiary/aromatic N) is 1. The van der Waals surface area contributed by atoms with Gasteiger partial charge in [0.1, 0.15) is 0 Å². The highest BCUT2D eigenvalue weighted by Crippen LogP contribution is 2.05. The van der Waals surface area contributed by atoms with Crippen LogP contribution in [-0.2, 0) is 0 Å². The van der Waals surface area contributed by atoms with Crippen molar-refractivity contribution in [3.63, 3.8) is 0 Å². The molecule has 0 heterocycles. The lowest BCUT2D eigenvalue weighted by molar-refractivity contribution is 0.319. The van der Waals surface area contributed by atoms with Gasteiger partial charge in [-0.1, -0.05) is 35.5 Å². The minimum atomic E-state index is 0.725. The summed E-state index contributed by atoms with van der Waals surface area (Å²) in [4.78, 5) is 0. The van der Waals surface area contributed by atoms with Gasteiger partial charge in [0.2, 0.25) is 0 Å². The van der Waals surface area contributed by atoms with E-state index in [1.165, 1.54) is 0 Å². The third-order valence-corrected chi connectivity index (χ3v) is 2.07. The van der Waals surface area contributed by atoms with Crippen LogP contribution in [0.25, 0.3) is 0 Å². The molecule has 1 aromatic carbocycles. The van der Waals surface area contributed by atoms with E-state index in [0.29, 0.717) is 0 Å². The van der Waals surface area contributed by atoms with Gasteiger partial charge in [0, 0.05) is 11.3 Å². The van der Waals surface area contributed by atoms with Gasteiger partial charge in [0.05, 0.1) is 5.71 Å². The lowest BCUT2D eigenvalue weighted by Crippen LogP contribution is -2.03. The second-order valence-corrected chi connectivity index (χ2v) is 3.21. The predicted octanol–water partition coefficient (Wildman–Crippen LogP) is 2.23. The Labute approximate surface area is 76.3 Å². The summed E-state index contributed by atoms with van der Waals surface area (Å²) in [5.41, 5.74) is 1.71. The largest absolute Gasteiger partial charge is 0.411 e. The Morgan fingerprint density at radius 1 is 1.42 bits per heavy atom.